The number of unbranched alkanes of at least 4 members (excludes halogenated alkanes) is 2. The van der Waals surface area contributed by atoms with Gasteiger partial charge in [-0.2, -0.15) is 0 Å². The van der Waals surface area contributed by atoms with Gasteiger partial charge in [-0.15, -0.1) is 0 Å². The van der Waals surface area contributed by atoms with Gasteiger partial charge in [-0.05, 0) is 30.6 Å². The summed E-state index contributed by atoms with van der Waals surface area (Å²) >= 11 is 0. The Morgan fingerprint density at radius 1 is 0.714 bits per heavy atom. The summed E-state index contributed by atoms with van der Waals surface area (Å²) in [7, 11) is 0. The van der Waals surface area contributed by atoms with E-state index in [0.29, 0.717) is 5.78 Å². The molecule has 0 saturated heterocycles. The Morgan fingerprint density at radius 2 is 1.14 bits per heavy atom. The van der Waals surface area contributed by atoms with Gasteiger partial charge in [0.05, 0.1) is 0 Å². The predicted octanol–water partition coefficient (Wildman–Crippen LogP) is 6.30. The largest absolute Gasteiger partial charge is 0.300 e. The van der Waals surface area contributed by atoms with E-state index in [0.717, 1.165) is 30.6 Å². The van der Waals surface area contributed by atoms with Crippen molar-refractivity contribution >= 4 is 5.78 Å². The first kappa shape index (κ1) is 17.0. The van der Waals surface area contributed by atoms with Crippen LogP contribution in [0.25, 0.3) is 0 Å². The third-order valence-corrected chi connectivity index (χ3v) is 6.07. The molecule has 0 spiro atoms. The molecule has 0 unspecified atom stereocenters. The number of hydrogen-bond donors (Lipinski definition) is 0. The standard InChI is InChI=1S/C20H36O/c1-2-3-6-17-9-11-18(12-10-17)7-4-5-8-19-13-15-20(21)16-14-19/h17-19H,2-16H2,1H3. The molecule has 0 atom stereocenters. The summed E-state index contributed by atoms with van der Waals surface area (Å²) in [5, 5.41) is 0. The molecule has 0 aliphatic heterocycles. The molecule has 0 aromatic rings. The van der Waals surface area contributed by atoms with Gasteiger partial charge in [-0.25, -0.2) is 0 Å². The molecule has 0 amide bonds. The highest BCUT2D eigenvalue weighted by Gasteiger charge is 2.21. The molecule has 0 radical (unpaired) electrons. The third-order valence-electron chi connectivity index (χ3n) is 6.07. The minimum Gasteiger partial charge on any atom is -0.300 e. The van der Waals surface area contributed by atoms with Crippen LogP contribution in [-0.4, -0.2) is 5.78 Å². The highest BCUT2D eigenvalue weighted by Crippen LogP contribution is 2.35. The van der Waals surface area contributed by atoms with Crippen molar-refractivity contribution in [2.45, 2.75) is 103 Å². The Bertz CT molecular complexity index is 278. The molecular weight excluding hydrogens is 256 g/mol. The second kappa shape index (κ2) is 9.64. The van der Waals surface area contributed by atoms with Crippen molar-refractivity contribution in [3.05, 3.63) is 0 Å². The van der Waals surface area contributed by atoms with Crippen LogP contribution in [0.4, 0.5) is 0 Å². The van der Waals surface area contributed by atoms with E-state index in [1.807, 2.05) is 0 Å². The number of carbonyl (C=O) groups excluding carboxylic acids is 1. The maximum absolute atomic E-state index is 11.2. The molecule has 2 saturated carbocycles. The van der Waals surface area contributed by atoms with Crippen molar-refractivity contribution in [2.24, 2.45) is 17.8 Å². The average Bonchev–Trinajstić information content (AvgIpc) is 2.52. The summed E-state index contributed by atoms with van der Waals surface area (Å²) in [5.74, 6) is 3.47. The molecule has 2 fully saturated rings. The van der Waals surface area contributed by atoms with E-state index in [1.165, 1.54) is 83.5 Å². The summed E-state index contributed by atoms with van der Waals surface area (Å²) in [6.07, 6.45) is 20.1. The van der Waals surface area contributed by atoms with Crippen LogP contribution in [0, 0.1) is 17.8 Å². The maximum Gasteiger partial charge on any atom is 0.132 e. The van der Waals surface area contributed by atoms with E-state index in [-0.39, 0.29) is 0 Å². The molecule has 0 N–H and O–H groups in total. The van der Waals surface area contributed by atoms with E-state index in [4.69, 9.17) is 0 Å². The minimum absolute atomic E-state index is 0.506. The number of Topliss-reactive ketones (excluding diaryl/α,β-unsaturated/α-hetero) is 1. The second-order valence-corrected chi connectivity index (χ2v) is 7.80. The van der Waals surface area contributed by atoms with E-state index in [1.54, 1.807) is 0 Å². The lowest BCUT2D eigenvalue weighted by Gasteiger charge is -2.28. The van der Waals surface area contributed by atoms with Crippen LogP contribution in [-0.2, 0) is 4.79 Å². The van der Waals surface area contributed by atoms with Crippen molar-refractivity contribution in [1.82, 2.24) is 0 Å². The monoisotopic (exact) mass is 292 g/mol. The quantitative estimate of drug-likeness (QED) is 0.479. The van der Waals surface area contributed by atoms with Crippen molar-refractivity contribution in [3.8, 4) is 0 Å². The summed E-state index contributed by atoms with van der Waals surface area (Å²) < 4.78 is 0. The first-order valence-corrected chi connectivity index (χ1v) is 9.79. The number of hydrogen-bond acceptors (Lipinski definition) is 1. The molecular formula is C20H36O. The van der Waals surface area contributed by atoms with Gasteiger partial charge in [-0.3, -0.25) is 4.79 Å². The summed E-state index contributed by atoms with van der Waals surface area (Å²) in [4.78, 5) is 11.2. The van der Waals surface area contributed by atoms with Crippen molar-refractivity contribution in [3.63, 3.8) is 0 Å². The summed E-state index contributed by atoms with van der Waals surface area (Å²) in [6.45, 7) is 2.31. The molecule has 0 aromatic carbocycles. The van der Waals surface area contributed by atoms with Crippen molar-refractivity contribution in [1.29, 1.82) is 0 Å². The van der Waals surface area contributed by atoms with Gasteiger partial charge in [0.15, 0.2) is 0 Å². The Hall–Kier alpha value is -0.330. The Balaban J connectivity index is 1.47. The van der Waals surface area contributed by atoms with Crippen LogP contribution in [0.5, 0.6) is 0 Å². The van der Waals surface area contributed by atoms with Gasteiger partial charge in [-0.1, -0.05) is 77.6 Å². The highest BCUT2D eigenvalue weighted by molar-refractivity contribution is 5.78. The van der Waals surface area contributed by atoms with E-state index in [2.05, 4.69) is 6.92 Å². The lowest BCUT2D eigenvalue weighted by molar-refractivity contribution is -0.121. The molecule has 1 heteroatoms. The fourth-order valence-electron chi connectivity index (χ4n) is 4.46. The fourth-order valence-corrected chi connectivity index (χ4v) is 4.46. The molecule has 122 valence electrons. The maximum atomic E-state index is 11.2. The number of rotatable bonds is 8. The van der Waals surface area contributed by atoms with Crippen LogP contribution >= 0.6 is 0 Å². The Labute approximate surface area is 132 Å². The van der Waals surface area contributed by atoms with Gasteiger partial charge in [0.1, 0.15) is 5.78 Å². The molecule has 2 aliphatic carbocycles. The molecule has 0 aromatic heterocycles. The smallest absolute Gasteiger partial charge is 0.132 e. The van der Waals surface area contributed by atoms with Crippen LogP contribution in [0.3, 0.4) is 0 Å². The van der Waals surface area contributed by atoms with E-state index >= 15 is 0 Å². The molecule has 1 nitrogen and oxygen atoms in total. The zero-order chi connectivity index (χ0) is 14.9. The number of carbonyl (C=O) groups is 1. The summed E-state index contributed by atoms with van der Waals surface area (Å²) in [6, 6.07) is 0. The summed E-state index contributed by atoms with van der Waals surface area (Å²) in [5.41, 5.74) is 0. The number of ketones is 1. The Kier molecular flexibility index (Phi) is 7.82. The minimum atomic E-state index is 0.506. The van der Waals surface area contributed by atoms with Gasteiger partial charge < -0.3 is 0 Å². The van der Waals surface area contributed by atoms with Gasteiger partial charge in [0, 0.05) is 12.8 Å². The first-order chi connectivity index (χ1) is 10.3. The van der Waals surface area contributed by atoms with Gasteiger partial charge >= 0.3 is 0 Å². The normalized spacial score (nSPS) is 28.0. The van der Waals surface area contributed by atoms with Gasteiger partial charge in [0.2, 0.25) is 0 Å². The van der Waals surface area contributed by atoms with Crippen LogP contribution in [0.1, 0.15) is 103 Å². The van der Waals surface area contributed by atoms with Crippen LogP contribution in [0.2, 0.25) is 0 Å². The molecule has 21 heavy (non-hydrogen) atoms. The lowest BCUT2D eigenvalue weighted by atomic mass is 9.77. The lowest BCUT2D eigenvalue weighted by Crippen LogP contribution is -2.15. The molecule has 0 bridgehead atoms. The van der Waals surface area contributed by atoms with Crippen molar-refractivity contribution in [2.75, 3.05) is 0 Å². The predicted molar refractivity (Wildman–Crippen MR) is 90.4 cm³/mol. The zero-order valence-corrected chi connectivity index (χ0v) is 14.2. The zero-order valence-electron chi connectivity index (χ0n) is 14.2. The van der Waals surface area contributed by atoms with Gasteiger partial charge in [0.25, 0.3) is 0 Å². The topological polar surface area (TPSA) is 17.1 Å². The third kappa shape index (κ3) is 6.53. The molecule has 0 heterocycles. The molecule has 2 aliphatic rings. The van der Waals surface area contributed by atoms with E-state index < -0.39 is 0 Å². The SMILES string of the molecule is CCCCC1CCC(CCCCC2CCC(=O)CC2)CC1. The van der Waals surface area contributed by atoms with Crippen LogP contribution < -0.4 is 0 Å². The van der Waals surface area contributed by atoms with Crippen LogP contribution in [0.15, 0.2) is 0 Å². The second-order valence-electron chi connectivity index (χ2n) is 7.80. The highest BCUT2D eigenvalue weighted by atomic mass is 16.1. The van der Waals surface area contributed by atoms with E-state index in [9.17, 15) is 4.79 Å². The van der Waals surface area contributed by atoms with Crippen molar-refractivity contribution < 1.29 is 4.79 Å². The Morgan fingerprint density at radius 3 is 1.62 bits per heavy atom. The fraction of sp³-hybridized carbons (Fsp3) is 0.950. The average molecular weight is 293 g/mol. The first-order valence-electron chi connectivity index (χ1n) is 9.79. The molecule has 2 rings (SSSR count).